The lowest BCUT2D eigenvalue weighted by Crippen LogP contribution is -2.07. The van der Waals surface area contributed by atoms with Crippen molar-refractivity contribution in [1.82, 2.24) is 0 Å². The van der Waals surface area contributed by atoms with E-state index >= 15 is 0 Å². The van der Waals surface area contributed by atoms with Crippen molar-refractivity contribution >= 4 is 23.3 Å². The third kappa shape index (κ3) is 10.5. The molecule has 32 heavy (non-hydrogen) atoms. The van der Waals surface area contributed by atoms with Crippen molar-refractivity contribution in [2.45, 2.75) is 42.0 Å². The highest BCUT2D eigenvalue weighted by molar-refractivity contribution is 5.92. The van der Waals surface area contributed by atoms with Crippen LogP contribution in [0.1, 0.15) is 60.0 Å². The quantitative estimate of drug-likeness (QED) is 0.294. The molecule has 0 aliphatic heterocycles. The summed E-state index contributed by atoms with van der Waals surface area (Å²) in [4.78, 5) is 32.7. The molecular formula is C23H34N2O7. The number of aryl methyl sites for hydroxylation is 2. The fourth-order valence-electron chi connectivity index (χ4n) is 2.22. The van der Waals surface area contributed by atoms with Crippen LogP contribution in [0.2, 0.25) is 0 Å². The number of anilines is 1. The monoisotopic (exact) mass is 450 g/mol. The number of esters is 2. The zero-order valence-corrected chi connectivity index (χ0v) is 18.5. The first-order valence-electron chi connectivity index (χ1n) is 9.68. The van der Waals surface area contributed by atoms with Gasteiger partial charge in [-0.25, -0.2) is 9.59 Å². The molecule has 0 heterocycles. The fraction of sp³-hybridized carbons (Fsp3) is 0.391. The summed E-state index contributed by atoms with van der Waals surface area (Å²) in [6.45, 7) is 9.58. The zero-order valence-electron chi connectivity index (χ0n) is 18.5. The third-order valence-corrected chi connectivity index (χ3v) is 3.68. The van der Waals surface area contributed by atoms with Gasteiger partial charge in [-0.05, 0) is 57.9 Å². The third-order valence-electron chi connectivity index (χ3n) is 3.68. The Morgan fingerprint density at radius 2 is 1.34 bits per heavy atom. The van der Waals surface area contributed by atoms with Gasteiger partial charge in [0.25, 0.3) is 5.69 Å². The van der Waals surface area contributed by atoms with E-state index in [-0.39, 0.29) is 37.9 Å². The molecule has 0 amide bonds. The minimum atomic E-state index is -0.540. The lowest BCUT2D eigenvalue weighted by Gasteiger charge is -2.05. The van der Waals surface area contributed by atoms with E-state index in [4.69, 9.17) is 20.3 Å². The molecule has 2 aromatic carbocycles. The molecule has 0 unspecified atom stereocenters. The van der Waals surface area contributed by atoms with Gasteiger partial charge in [0, 0.05) is 24.4 Å². The summed E-state index contributed by atoms with van der Waals surface area (Å²) in [5.74, 6) is -0.842. The molecule has 0 saturated carbocycles. The maximum absolute atomic E-state index is 11.4. The molecule has 0 aromatic heterocycles. The first-order chi connectivity index (χ1) is 14.6. The van der Waals surface area contributed by atoms with Gasteiger partial charge in [0.2, 0.25) is 0 Å². The van der Waals surface area contributed by atoms with E-state index in [0.717, 1.165) is 5.56 Å². The molecule has 178 valence electrons. The number of aliphatic hydroxyl groups excluding tert-OH is 1. The first-order valence-corrected chi connectivity index (χ1v) is 9.68. The smallest absolute Gasteiger partial charge is 0.338 e. The minimum absolute atomic E-state index is 0. The Morgan fingerprint density at radius 1 is 0.938 bits per heavy atom. The maximum atomic E-state index is 11.4. The molecule has 0 radical (unpaired) electrons. The second kappa shape index (κ2) is 16.3. The summed E-state index contributed by atoms with van der Waals surface area (Å²) in [6, 6.07) is 9.32. The Labute approximate surface area is 189 Å². The molecule has 0 atom stereocenters. The summed E-state index contributed by atoms with van der Waals surface area (Å²) < 4.78 is 9.65. The molecule has 9 heteroatoms. The Hall–Kier alpha value is -3.46. The zero-order chi connectivity index (χ0) is 24.0. The van der Waals surface area contributed by atoms with E-state index in [1.807, 2.05) is 13.0 Å². The predicted molar refractivity (Wildman–Crippen MR) is 125 cm³/mol. The highest BCUT2D eigenvalue weighted by Crippen LogP contribution is 2.18. The van der Waals surface area contributed by atoms with Crippen molar-refractivity contribution < 1.29 is 29.1 Å². The molecule has 3 N–H and O–H groups in total. The number of nitrogens with two attached hydrogens (primary N) is 1. The van der Waals surface area contributed by atoms with Crippen LogP contribution in [-0.4, -0.2) is 41.8 Å². The van der Waals surface area contributed by atoms with Gasteiger partial charge >= 0.3 is 11.9 Å². The Bertz CT molecular complexity index is 883. The summed E-state index contributed by atoms with van der Waals surface area (Å²) in [5, 5.41) is 18.1. The number of non-ortho nitro benzene ring substituents is 1. The predicted octanol–water partition coefficient (Wildman–Crippen LogP) is 4.47. The normalized spacial score (nSPS) is 9.06. The summed E-state index contributed by atoms with van der Waals surface area (Å²) in [7, 11) is 0. The number of hydrogen-bond donors (Lipinski definition) is 2. The summed E-state index contributed by atoms with van der Waals surface area (Å²) in [6.07, 6.45) is 0. The standard InChI is InChI=1S/C10H11NO4.C10H13NO2.C2H6O.CH4/c1-3-15-10(12)9-6-8(11(13)14)5-4-7(9)2;1-3-13-10(12)9-6-8(11)5-4-7(9)2;1-2-3;/h4-6H,3H2,1-2H3;4-6H,3,11H2,1-2H3;3H,2H2,1H3;1H4. The molecule has 0 saturated heterocycles. The summed E-state index contributed by atoms with van der Waals surface area (Å²) >= 11 is 0. The van der Waals surface area contributed by atoms with Crippen LogP contribution in [0.4, 0.5) is 11.4 Å². The molecule has 0 aliphatic carbocycles. The van der Waals surface area contributed by atoms with Crippen molar-refractivity contribution in [3.63, 3.8) is 0 Å². The van der Waals surface area contributed by atoms with Crippen molar-refractivity contribution in [3.8, 4) is 0 Å². The number of nitrogens with zero attached hydrogens (tertiary/aromatic N) is 1. The van der Waals surface area contributed by atoms with Gasteiger partial charge in [0.15, 0.2) is 0 Å². The number of nitro benzene ring substituents is 1. The van der Waals surface area contributed by atoms with Gasteiger partial charge in [-0.2, -0.15) is 0 Å². The van der Waals surface area contributed by atoms with E-state index < -0.39 is 10.9 Å². The van der Waals surface area contributed by atoms with Crippen molar-refractivity contribution in [2.75, 3.05) is 25.6 Å². The highest BCUT2D eigenvalue weighted by atomic mass is 16.6. The number of nitro groups is 1. The van der Waals surface area contributed by atoms with Crippen LogP contribution in [0, 0.1) is 24.0 Å². The summed E-state index contributed by atoms with van der Waals surface area (Å²) in [5.41, 5.74) is 8.36. The molecule has 9 nitrogen and oxygen atoms in total. The minimum Gasteiger partial charge on any atom is -0.462 e. The number of nitrogen functional groups attached to an aromatic ring is 1. The van der Waals surface area contributed by atoms with Crippen molar-refractivity contribution in [3.05, 3.63) is 68.8 Å². The number of carbonyl (C=O) groups is 2. The number of ether oxygens (including phenoxy) is 2. The van der Waals surface area contributed by atoms with Crippen LogP contribution in [0.3, 0.4) is 0 Å². The maximum Gasteiger partial charge on any atom is 0.338 e. The molecule has 2 aromatic rings. The largest absolute Gasteiger partial charge is 0.462 e. The molecule has 2 rings (SSSR count). The van der Waals surface area contributed by atoms with Gasteiger partial charge in [-0.3, -0.25) is 10.1 Å². The van der Waals surface area contributed by atoms with E-state index in [2.05, 4.69) is 0 Å². The van der Waals surface area contributed by atoms with Crippen molar-refractivity contribution in [2.24, 2.45) is 0 Å². The molecule has 0 spiro atoms. The molecule has 0 aliphatic rings. The fourth-order valence-corrected chi connectivity index (χ4v) is 2.22. The Morgan fingerprint density at radius 3 is 1.75 bits per heavy atom. The number of rotatable bonds is 5. The average Bonchev–Trinajstić information content (AvgIpc) is 2.71. The lowest BCUT2D eigenvalue weighted by molar-refractivity contribution is -0.384. The molecular weight excluding hydrogens is 416 g/mol. The van der Waals surface area contributed by atoms with Crippen molar-refractivity contribution in [1.29, 1.82) is 0 Å². The van der Waals surface area contributed by atoms with Crippen LogP contribution in [0.5, 0.6) is 0 Å². The Balaban J connectivity index is 0. The van der Waals surface area contributed by atoms with E-state index in [1.54, 1.807) is 39.8 Å². The van der Waals surface area contributed by atoms with Gasteiger partial charge in [0.1, 0.15) is 0 Å². The van der Waals surface area contributed by atoms with E-state index in [1.165, 1.54) is 18.2 Å². The second-order valence-electron chi connectivity index (χ2n) is 6.09. The highest BCUT2D eigenvalue weighted by Gasteiger charge is 2.15. The van der Waals surface area contributed by atoms with E-state index in [9.17, 15) is 19.7 Å². The Kier molecular flexibility index (Phi) is 15.6. The van der Waals surface area contributed by atoms with Gasteiger partial charge in [0.05, 0.1) is 29.3 Å². The number of hydrogen-bond acceptors (Lipinski definition) is 8. The number of carbonyl (C=O) groups excluding carboxylic acids is 2. The lowest BCUT2D eigenvalue weighted by atomic mass is 10.1. The molecule has 0 fully saturated rings. The van der Waals surface area contributed by atoms with E-state index in [0.29, 0.717) is 23.4 Å². The van der Waals surface area contributed by atoms with Crippen LogP contribution < -0.4 is 5.73 Å². The first kappa shape index (κ1) is 30.7. The van der Waals surface area contributed by atoms with Crippen LogP contribution in [-0.2, 0) is 9.47 Å². The van der Waals surface area contributed by atoms with Crippen LogP contribution >= 0.6 is 0 Å². The van der Waals surface area contributed by atoms with Gasteiger partial charge in [-0.1, -0.05) is 19.6 Å². The van der Waals surface area contributed by atoms with Crippen LogP contribution in [0.25, 0.3) is 0 Å². The topological polar surface area (TPSA) is 142 Å². The number of aliphatic hydroxyl groups is 1. The van der Waals surface area contributed by atoms with Crippen LogP contribution in [0.15, 0.2) is 36.4 Å². The molecule has 0 bridgehead atoms. The van der Waals surface area contributed by atoms with Gasteiger partial charge < -0.3 is 20.3 Å². The average molecular weight is 451 g/mol. The number of benzene rings is 2. The second-order valence-corrected chi connectivity index (χ2v) is 6.09. The SMILES string of the molecule is C.CCO.CCOC(=O)c1cc(N)ccc1C.CCOC(=O)c1cc([N+](=O)[O-])ccc1C. The van der Waals surface area contributed by atoms with Gasteiger partial charge in [-0.15, -0.1) is 0 Å².